The zero-order valence-corrected chi connectivity index (χ0v) is 12.0. The van der Waals surface area contributed by atoms with Gasteiger partial charge in [-0.3, -0.25) is 4.21 Å². The highest BCUT2D eigenvalue weighted by Crippen LogP contribution is 2.26. The first-order valence-corrected chi connectivity index (χ1v) is 7.37. The van der Waals surface area contributed by atoms with Crippen LogP contribution in [-0.4, -0.2) is 11.3 Å². The van der Waals surface area contributed by atoms with Crippen LogP contribution < -0.4 is 10.5 Å². The van der Waals surface area contributed by atoms with Crippen molar-refractivity contribution in [3.63, 3.8) is 0 Å². The summed E-state index contributed by atoms with van der Waals surface area (Å²) in [6, 6.07) is 12.5. The zero-order valence-electron chi connectivity index (χ0n) is 10.4. The van der Waals surface area contributed by atoms with Crippen LogP contribution in [0.1, 0.15) is 5.56 Å². The summed E-state index contributed by atoms with van der Waals surface area (Å²) in [6.07, 6.45) is 0. The fourth-order valence-corrected chi connectivity index (χ4v) is 3.21. The van der Waals surface area contributed by atoms with E-state index >= 15 is 0 Å². The number of hydrogen-bond acceptors (Lipinski definition) is 3. The maximum atomic E-state index is 12.4. The molecule has 0 aliphatic carbocycles. The van der Waals surface area contributed by atoms with Gasteiger partial charge in [-0.15, -0.1) is 0 Å². The number of ether oxygens (including phenoxy) is 1. The molecule has 1 unspecified atom stereocenters. The fraction of sp³-hybridized carbons (Fsp3) is 0.143. The highest BCUT2D eigenvalue weighted by molar-refractivity contribution is 7.84. The van der Waals surface area contributed by atoms with Crippen LogP contribution >= 0.6 is 11.6 Å². The van der Waals surface area contributed by atoms with Gasteiger partial charge in [0.05, 0.1) is 28.6 Å². The van der Waals surface area contributed by atoms with Crippen LogP contribution in [0.15, 0.2) is 47.4 Å². The zero-order chi connectivity index (χ0) is 13.8. The Balaban J connectivity index is 2.26. The normalized spacial score (nSPS) is 12.1. The minimum absolute atomic E-state index is 0.337. The highest BCUT2D eigenvalue weighted by Gasteiger charge is 2.12. The van der Waals surface area contributed by atoms with Crippen LogP contribution in [0.4, 0.5) is 5.69 Å². The average molecular weight is 296 g/mol. The van der Waals surface area contributed by atoms with Gasteiger partial charge in [0.2, 0.25) is 0 Å². The summed E-state index contributed by atoms with van der Waals surface area (Å²) in [6.45, 7) is 0. The molecule has 2 aromatic rings. The number of nitrogen functional groups attached to an aromatic ring is 1. The van der Waals surface area contributed by atoms with Gasteiger partial charge in [-0.25, -0.2) is 0 Å². The van der Waals surface area contributed by atoms with Gasteiger partial charge in [0.15, 0.2) is 0 Å². The molecule has 1 atom stereocenters. The molecular formula is C14H14ClNO2S. The molecule has 0 fully saturated rings. The van der Waals surface area contributed by atoms with Crippen molar-refractivity contribution in [1.82, 2.24) is 0 Å². The maximum Gasteiger partial charge on any atom is 0.134 e. The van der Waals surface area contributed by atoms with E-state index in [4.69, 9.17) is 22.1 Å². The lowest BCUT2D eigenvalue weighted by Crippen LogP contribution is -2.02. The molecular weight excluding hydrogens is 282 g/mol. The smallest absolute Gasteiger partial charge is 0.134 e. The van der Waals surface area contributed by atoms with Crippen LogP contribution in [0.3, 0.4) is 0 Å². The van der Waals surface area contributed by atoms with E-state index in [9.17, 15) is 4.21 Å². The number of benzene rings is 2. The van der Waals surface area contributed by atoms with Crippen molar-refractivity contribution in [3.8, 4) is 5.75 Å². The summed E-state index contributed by atoms with van der Waals surface area (Å²) in [5.74, 6) is 0.956. The Labute approximate surface area is 119 Å². The van der Waals surface area contributed by atoms with E-state index < -0.39 is 10.8 Å². The second-order valence-corrected chi connectivity index (χ2v) is 5.84. The van der Waals surface area contributed by atoms with Crippen LogP contribution in [-0.2, 0) is 16.6 Å². The number of anilines is 1. The Morgan fingerprint density at radius 2 is 2.00 bits per heavy atom. The van der Waals surface area contributed by atoms with Gasteiger partial charge in [-0.2, -0.15) is 0 Å². The number of para-hydroxylation sites is 1. The van der Waals surface area contributed by atoms with E-state index in [-0.39, 0.29) is 0 Å². The molecule has 2 N–H and O–H groups in total. The SMILES string of the molecule is COc1ccccc1S(=O)Cc1ccc(Cl)cc1N. The monoisotopic (exact) mass is 295 g/mol. The van der Waals surface area contributed by atoms with Crippen molar-refractivity contribution < 1.29 is 8.95 Å². The molecule has 0 aromatic heterocycles. The summed E-state index contributed by atoms with van der Waals surface area (Å²) < 4.78 is 17.6. The van der Waals surface area contributed by atoms with Crippen LogP contribution in [0.25, 0.3) is 0 Å². The molecule has 0 heterocycles. The third kappa shape index (κ3) is 3.28. The van der Waals surface area contributed by atoms with Gasteiger partial charge in [-0.1, -0.05) is 29.8 Å². The van der Waals surface area contributed by atoms with Crippen molar-refractivity contribution in [3.05, 3.63) is 53.1 Å². The second kappa shape index (κ2) is 6.08. The van der Waals surface area contributed by atoms with Crippen molar-refractivity contribution in [2.45, 2.75) is 10.6 Å². The summed E-state index contributed by atoms with van der Waals surface area (Å²) in [5.41, 5.74) is 7.23. The Morgan fingerprint density at radius 3 is 2.68 bits per heavy atom. The minimum Gasteiger partial charge on any atom is -0.495 e. The van der Waals surface area contributed by atoms with Crippen LogP contribution in [0.2, 0.25) is 5.02 Å². The Morgan fingerprint density at radius 1 is 1.26 bits per heavy atom. The molecule has 0 aliphatic heterocycles. The standard InChI is InChI=1S/C14H14ClNO2S/c1-18-13-4-2-3-5-14(13)19(17)9-10-6-7-11(15)8-12(10)16/h2-8H,9,16H2,1H3. The number of rotatable bonds is 4. The third-order valence-electron chi connectivity index (χ3n) is 2.71. The van der Waals surface area contributed by atoms with E-state index in [0.717, 1.165) is 5.56 Å². The van der Waals surface area contributed by atoms with Gasteiger partial charge in [0.1, 0.15) is 5.75 Å². The van der Waals surface area contributed by atoms with Gasteiger partial charge >= 0.3 is 0 Å². The fourth-order valence-electron chi connectivity index (χ4n) is 1.72. The van der Waals surface area contributed by atoms with Gasteiger partial charge < -0.3 is 10.5 Å². The summed E-state index contributed by atoms with van der Waals surface area (Å²) in [7, 11) is 0.351. The van der Waals surface area contributed by atoms with Crippen LogP contribution in [0, 0.1) is 0 Å². The topological polar surface area (TPSA) is 52.3 Å². The number of nitrogens with two attached hydrogens (primary N) is 1. The van der Waals surface area contributed by atoms with Gasteiger partial charge in [-0.05, 0) is 29.8 Å². The van der Waals surface area contributed by atoms with Crippen molar-refractivity contribution in [2.75, 3.05) is 12.8 Å². The highest BCUT2D eigenvalue weighted by atomic mass is 35.5. The van der Waals surface area contributed by atoms with Crippen molar-refractivity contribution >= 4 is 28.1 Å². The Bertz CT molecular complexity index is 616. The van der Waals surface area contributed by atoms with E-state index in [0.29, 0.717) is 27.1 Å². The predicted octanol–water partition coefficient (Wildman–Crippen LogP) is 3.24. The van der Waals surface area contributed by atoms with E-state index in [2.05, 4.69) is 0 Å². The van der Waals surface area contributed by atoms with Crippen molar-refractivity contribution in [1.29, 1.82) is 0 Å². The molecule has 0 radical (unpaired) electrons. The lowest BCUT2D eigenvalue weighted by atomic mass is 10.2. The average Bonchev–Trinajstić information content (AvgIpc) is 2.41. The second-order valence-electron chi connectivity index (χ2n) is 3.98. The Kier molecular flexibility index (Phi) is 4.45. The van der Waals surface area contributed by atoms with E-state index in [1.807, 2.05) is 12.1 Å². The quantitative estimate of drug-likeness (QED) is 0.881. The largest absolute Gasteiger partial charge is 0.495 e. The molecule has 2 aromatic carbocycles. The molecule has 0 amide bonds. The van der Waals surface area contributed by atoms with E-state index in [1.54, 1.807) is 37.4 Å². The third-order valence-corrected chi connectivity index (χ3v) is 4.34. The predicted molar refractivity (Wildman–Crippen MR) is 79.0 cm³/mol. The summed E-state index contributed by atoms with van der Waals surface area (Å²) in [5, 5.41) is 0.573. The molecule has 0 saturated heterocycles. The summed E-state index contributed by atoms with van der Waals surface area (Å²) in [4.78, 5) is 0.666. The maximum absolute atomic E-state index is 12.4. The number of halogens is 1. The van der Waals surface area contributed by atoms with Gasteiger partial charge in [0.25, 0.3) is 0 Å². The lowest BCUT2D eigenvalue weighted by molar-refractivity contribution is 0.404. The number of methoxy groups -OCH3 is 1. The first kappa shape index (κ1) is 13.9. The number of hydrogen-bond donors (Lipinski definition) is 1. The first-order valence-electron chi connectivity index (χ1n) is 5.67. The molecule has 0 saturated carbocycles. The molecule has 0 bridgehead atoms. The van der Waals surface area contributed by atoms with E-state index in [1.165, 1.54) is 0 Å². The molecule has 5 heteroatoms. The minimum atomic E-state index is -1.21. The molecule has 19 heavy (non-hydrogen) atoms. The molecule has 0 spiro atoms. The lowest BCUT2D eigenvalue weighted by Gasteiger charge is -2.09. The molecule has 3 nitrogen and oxygen atoms in total. The van der Waals surface area contributed by atoms with Crippen molar-refractivity contribution in [2.24, 2.45) is 0 Å². The first-order chi connectivity index (χ1) is 9.11. The molecule has 100 valence electrons. The molecule has 0 aliphatic rings. The summed E-state index contributed by atoms with van der Waals surface area (Å²) >= 11 is 5.84. The van der Waals surface area contributed by atoms with Gasteiger partial charge in [0, 0.05) is 10.7 Å². The van der Waals surface area contributed by atoms with Crippen LogP contribution in [0.5, 0.6) is 5.75 Å². The molecule has 2 rings (SSSR count). The Hall–Kier alpha value is -1.52.